The van der Waals surface area contributed by atoms with Gasteiger partial charge in [-0.2, -0.15) is 0 Å². The second kappa shape index (κ2) is 6.45. The van der Waals surface area contributed by atoms with E-state index in [0.29, 0.717) is 5.56 Å². The average molecular weight is 258 g/mol. The van der Waals surface area contributed by atoms with Gasteiger partial charge in [0.15, 0.2) is 0 Å². The quantitative estimate of drug-likeness (QED) is 0.627. The standard InChI is InChI=1S/C13H16O3.K/c14-12(15)13(16,11-8-4-5-9-11)10-6-2-1-3-7-10;/h1-3,6-7,11,16H,4-5,8-9H2,(H,14,15);/q;+1/p-1. The summed E-state index contributed by atoms with van der Waals surface area (Å²) in [6, 6.07) is 8.56. The number of rotatable bonds is 3. The van der Waals surface area contributed by atoms with Crippen molar-refractivity contribution in [3.63, 3.8) is 0 Å². The average Bonchev–Trinajstić information content (AvgIpc) is 2.82. The first-order valence-corrected chi connectivity index (χ1v) is 5.65. The molecule has 0 radical (unpaired) electrons. The molecule has 0 saturated heterocycles. The maximum atomic E-state index is 11.2. The second-order valence-corrected chi connectivity index (χ2v) is 4.40. The third-order valence-corrected chi connectivity index (χ3v) is 3.47. The van der Waals surface area contributed by atoms with E-state index in [0.717, 1.165) is 25.7 Å². The number of carbonyl (C=O) groups is 1. The topological polar surface area (TPSA) is 60.4 Å². The molecule has 1 aromatic carbocycles. The maximum Gasteiger partial charge on any atom is 1.00 e. The third-order valence-electron chi connectivity index (χ3n) is 3.47. The van der Waals surface area contributed by atoms with Crippen LogP contribution in [0.2, 0.25) is 0 Å². The molecule has 2 rings (SSSR count). The van der Waals surface area contributed by atoms with E-state index in [9.17, 15) is 15.0 Å². The van der Waals surface area contributed by atoms with Gasteiger partial charge in [-0.05, 0) is 24.3 Å². The largest absolute Gasteiger partial charge is 1.00 e. The number of hydrogen-bond donors (Lipinski definition) is 1. The molecule has 1 aromatic rings. The molecule has 3 nitrogen and oxygen atoms in total. The Morgan fingerprint density at radius 3 is 2.24 bits per heavy atom. The Kier molecular flexibility index (Phi) is 5.82. The van der Waals surface area contributed by atoms with Crippen LogP contribution in [0.5, 0.6) is 0 Å². The molecule has 1 aliphatic rings. The van der Waals surface area contributed by atoms with Crippen molar-refractivity contribution in [2.45, 2.75) is 31.3 Å². The number of carboxylic acids is 1. The first kappa shape index (κ1) is 15.3. The molecule has 0 aliphatic heterocycles. The first-order valence-electron chi connectivity index (χ1n) is 5.65. The second-order valence-electron chi connectivity index (χ2n) is 4.40. The van der Waals surface area contributed by atoms with Crippen molar-refractivity contribution >= 4 is 5.97 Å². The van der Waals surface area contributed by atoms with E-state index in [1.165, 1.54) is 0 Å². The number of carbonyl (C=O) groups excluding carboxylic acids is 1. The van der Waals surface area contributed by atoms with E-state index in [4.69, 9.17) is 0 Å². The molecule has 0 aromatic heterocycles. The molecule has 1 aliphatic carbocycles. The molecular weight excluding hydrogens is 243 g/mol. The molecule has 1 N–H and O–H groups in total. The van der Waals surface area contributed by atoms with Gasteiger partial charge in [-0.15, -0.1) is 0 Å². The van der Waals surface area contributed by atoms with Gasteiger partial charge in [-0.25, -0.2) is 0 Å². The SMILES string of the molecule is O=C([O-])C(O)(c1ccccc1)C1CCCC1.[K+]. The van der Waals surface area contributed by atoms with E-state index in [2.05, 4.69) is 0 Å². The van der Waals surface area contributed by atoms with Crippen LogP contribution in [0.4, 0.5) is 0 Å². The minimum Gasteiger partial charge on any atom is -0.547 e. The summed E-state index contributed by atoms with van der Waals surface area (Å²) in [6.45, 7) is 0. The minimum atomic E-state index is -1.82. The number of aliphatic carboxylic acids is 1. The number of carboxylic acid groups (broad SMARTS) is 1. The molecular formula is C13H15KO3. The van der Waals surface area contributed by atoms with Crippen LogP contribution in [-0.4, -0.2) is 11.1 Å². The Hall–Kier alpha value is 0.286. The first-order chi connectivity index (χ1) is 7.65. The van der Waals surface area contributed by atoms with Gasteiger partial charge in [0.1, 0.15) is 5.60 Å². The van der Waals surface area contributed by atoms with Gasteiger partial charge in [-0.1, -0.05) is 43.2 Å². The molecule has 0 bridgehead atoms. The summed E-state index contributed by atoms with van der Waals surface area (Å²) in [5, 5.41) is 21.6. The van der Waals surface area contributed by atoms with Crippen LogP contribution in [-0.2, 0) is 10.4 Å². The summed E-state index contributed by atoms with van der Waals surface area (Å²) in [6.07, 6.45) is 3.46. The summed E-state index contributed by atoms with van der Waals surface area (Å²) >= 11 is 0. The Morgan fingerprint density at radius 1 is 1.24 bits per heavy atom. The minimum absolute atomic E-state index is 0. The van der Waals surface area contributed by atoms with Crippen LogP contribution in [0.15, 0.2) is 30.3 Å². The van der Waals surface area contributed by atoms with Crippen molar-refractivity contribution in [3.05, 3.63) is 35.9 Å². The van der Waals surface area contributed by atoms with Gasteiger partial charge in [0, 0.05) is 0 Å². The zero-order valence-corrected chi connectivity index (χ0v) is 13.2. The van der Waals surface area contributed by atoms with Gasteiger partial charge >= 0.3 is 51.4 Å². The van der Waals surface area contributed by atoms with Crippen LogP contribution in [0.25, 0.3) is 0 Å². The van der Waals surface area contributed by atoms with Crippen LogP contribution in [0.3, 0.4) is 0 Å². The van der Waals surface area contributed by atoms with Crippen LogP contribution < -0.4 is 56.5 Å². The van der Waals surface area contributed by atoms with Crippen molar-refractivity contribution < 1.29 is 66.4 Å². The van der Waals surface area contributed by atoms with Crippen molar-refractivity contribution in [1.29, 1.82) is 0 Å². The fourth-order valence-corrected chi connectivity index (χ4v) is 2.56. The zero-order valence-electron chi connectivity index (χ0n) is 10.1. The third kappa shape index (κ3) is 3.00. The Balaban J connectivity index is 0.00000144. The molecule has 1 fully saturated rings. The summed E-state index contributed by atoms with van der Waals surface area (Å²) < 4.78 is 0. The van der Waals surface area contributed by atoms with Gasteiger partial charge in [0.05, 0.1) is 5.97 Å². The molecule has 1 saturated carbocycles. The Bertz CT molecular complexity index is 374. The van der Waals surface area contributed by atoms with Gasteiger partial charge < -0.3 is 15.0 Å². The van der Waals surface area contributed by atoms with E-state index < -0.39 is 11.6 Å². The monoisotopic (exact) mass is 258 g/mol. The van der Waals surface area contributed by atoms with Gasteiger partial charge in [-0.3, -0.25) is 0 Å². The van der Waals surface area contributed by atoms with Crippen molar-refractivity contribution in [2.24, 2.45) is 5.92 Å². The summed E-state index contributed by atoms with van der Waals surface area (Å²) in [5.74, 6) is -1.61. The Labute approximate surface area is 144 Å². The van der Waals surface area contributed by atoms with Crippen molar-refractivity contribution in [3.8, 4) is 0 Å². The van der Waals surface area contributed by atoms with E-state index >= 15 is 0 Å². The number of benzene rings is 1. The fourth-order valence-electron chi connectivity index (χ4n) is 2.56. The normalized spacial score (nSPS) is 19.4. The molecule has 17 heavy (non-hydrogen) atoms. The number of hydrogen-bond acceptors (Lipinski definition) is 3. The van der Waals surface area contributed by atoms with Crippen molar-refractivity contribution in [2.75, 3.05) is 0 Å². The summed E-state index contributed by atoms with van der Waals surface area (Å²) in [4.78, 5) is 11.2. The van der Waals surface area contributed by atoms with Gasteiger partial charge in [0.25, 0.3) is 0 Å². The predicted molar refractivity (Wildman–Crippen MR) is 57.3 cm³/mol. The zero-order chi connectivity index (χ0) is 11.6. The summed E-state index contributed by atoms with van der Waals surface area (Å²) in [5.41, 5.74) is -1.39. The van der Waals surface area contributed by atoms with E-state index in [1.807, 2.05) is 0 Å². The van der Waals surface area contributed by atoms with Gasteiger partial charge in [0.2, 0.25) is 0 Å². The van der Waals surface area contributed by atoms with Crippen LogP contribution in [0.1, 0.15) is 31.2 Å². The van der Waals surface area contributed by atoms with Crippen molar-refractivity contribution in [1.82, 2.24) is 0 Å². The number of aliphatic hydroxyl groups is 1. The van der Waals surface area contributed by atoms with Crippen LogP contribution in [0, 0.1) is 5.92 Å². The molecule has 4 heteroatoms. The molecule has 0 spiro atoms. The van der Waals surface area contributed by atoms with Crippen LogP contribution >= 0.6 is 0 Å². The molecule has 0 heterocycles. The molecule has 86 valence electrons. The molecule has 1 unspecified atom stereocenters. The predicted octanol–water partition coefficient (Wildman–Crippen LogP) is -2.18. The van der Waals surface area contributed by atoms with E-state index in [1.54, 1.807) is 30.3 Å². The molecule has 0 amide bonds. The maximum absolute atomic E-state index is 11.2. The fraction of sp³-hybridized carbons (Fsp3) is 0.462. The summed E-state index contributed by atoms with van der Waals surface area (Å²) in [7, 11) is 0. The molecule has 1 atom stereocenters. The van der Waals surface area contributed by atoms with E-state index in [-0.39, 0.29) is 57.3 Å². The Morgan fingerprint density at radius 2 is 1.76 bits per heavy atom. The smallest absolute Gasteiger partial charge is 0.547 e.